The molecule has 1 N–H and O–H groups in total. The van der Waals surface area contributed by atoms with E-state index < -0.39 is 5.60 Å². The lowest BCUT2D eigenvalue weighted by atomic mass is 9.97. The number of benzene rings is 2. The SMILES string of the molecule is CCCNCc1cc(-c2ccccc2C(=O)OC(C)(C)C)ccc1F. The van der Waals surface area contributed by atoms with E-state index in [-0.39, 0.29) is 11.8 Å². The summed E-state index contributed by atoms with van der Waals surface area (Å²) in [7, 11) is 0. The fraction of sp³-hybridized carbons (Fsp3) is 0.381. The molecule has 0 spiro atoms. The summed E-state index contributed by atoms with van der Waals surface area (Å²) in [5, 5.41) is 3.21. The summed E-state index contributed by atoms with van der Waals surface area (Å²) in [6.07, 6.45) is 0.989. The summed E-state index contributed by atoms with van der Waals surface area (Å²) >= 11 is 0. The average Bonchev–Trinajstić information content (AvgIpc) is 2.55. The first-order valence-electron chi connectivity index (χ1n) is 8.63. The third-order valence-corrected chi connectivity index (χ3v) is 3.64. The van der Waals surface area contributed by atoms with Crippen LogP contribution >= 0.6 is 0 Å². The maximum atomic E-state index is 14.1. The van der Waals surface area contributed by atoms with Crippen molar-refractivity contribution in [2.24, 2.45) is 0 Å². The number of esters is 1. The zero-order valence-corrected chi connectivity index (χ0v) is 15.4. The van der Waals surface area contributed by atoms with Crippen LogP contribution in [-0.4, -0.2) is 18.1 Å². The van der Waals surface area contributed by atoms with E-state index in [1.807, 2.05) is 32.9 Å². The molecule has 0 unspecified atom stereocenters. The predicted octanol–water partition coefficient (Wildman–Crippen LogP) is 4.95. The minimum absolute atomic E-state index is 0.248. The second kappa shape index (κ2) is 8.26. The Bertz CT molecular complexity index is 735. The molecule has 0 saturated carbocycles. The van der Waals surface area contributed by atoms with Gasteiger partial charge in [0.2, 0.25) is 0 Å². The van der Waals surface area contributed by atoms with Crippen LogP contribution in [0.25, 0.3) is 11.1 Å². The number of nitrogens with one attached hydrogen (secondary N) is 1. The predicted molar refractivity (Wildman–Crippen MR) is 99.0 cm³/mol. The summed E-state index contributed by atoms with van der Waals surface area (Å²) in [4.78, 5) is 12.5. The Labute approximate surface area is 149 Å². The first-order chi connectivity index (χ1) is 11.8. The molecule has 0 heterocycles. The Morgan fingerprint density at radius 2 is 1.88 bits per heavy atom. The van der Waals surface area contributed by atoms with Gasteiger partial charge in [-0.05, 0) is 63.1 Å². The molecule has 2 aromatic rings. The Morgan fingerprint density at radius 1 is 1.16 bits per heavy atom. The molecule has 25 heavy (non-hydrogen) atoms. The highest BCUT2D eigenvalue weighted by Gasteiger charge is 2.21. The molecule has 0 atom stereocenters. The van der Waals surface area contributed by atoms with E-state index in [1.165, 1.54) is 6.07 Å². The van der Waals surface area contributed by atoms with Gasteiger partial charge in [0, 0.05) is 12.1 Å². The molecule has 0 radical (unpaired) electrons. The van der Waals surface area contributed by atoms with Crippen LogP contribution in [0.1, 0.15) is 50.0 Å². The van der Waals surface area contributed by atoms with Gasteiger partial charge < -0.3 is 10.1 Å². The average molecular weight is 343 g/mol. The van der Waals surface area contributed by atoms with Gasteiger partial charge in [-0.1, -0.05) is 31.2 Å². The zero-order valence-electron chi connectivity index (χ0n) is 15.4. The Kier molecular flexibility index (Phi) is 6.32. The first kappa shape index (κ1) is 19.1. The van der Waals surface area contributed by atoms with Crippen LogP contribution in [0.2, 0.25) is 0 Å². The molecule has 0 aromatic heterocycles. The van der Waals surface area contributed by atoms with Gasteiger partial charge in [-0.25, -0.2) is 9.18 Å². The zero-order chi connectivity index (χ0) is 18.4. The molecule has 0 aliphatic rings. The van der Waals surface area contributed by atoms with Crippen molar-refractivity contribution in [3.8, 4) is 11.1 Å². The van der Waals surface area contributed by atoms with Crippen LogP contribution in [0.15, 0.2) is 42.5 Å². The topological polar surface area (TPSA) is 38.3 Å². The molecule has 3 nitrogen and oxygen atoms in total. The number of hydrogen-bond donors (Lipinski definition) is 1. The highest BCUT2D eigenvalue weighted by Crippen LogP contribution is 2.27. The van der Waals surface area contributed by atoms with Gasteiger partial charge in [0.25, 0.3) is 0 Å². The van der Waals surface area contributed by atoms with Gasteiger partial charge >= 0.3 is 5.97 Å². The number of ether oxygens (including phenoxy) is 1. The van der Waals surface area contributed by atoms with Gasteiger partial charge in [-0.15, -0.1) is 0 Å². The molecule has 2 aromatic carbocycles. The summed E-state index contributed by atoms with van der Waals surface area (Å²) in [6.45, 7) is 8.87. The van der Waals surface area contributed by atoms with Crippen LogP contribution in [0, 0.1) is 5.82 Å². The van der Waals surface area contributed by atoms with Gasteiger partial charge in [-0.2, -0.15) is 0 Å². The van der Waals surface area contributed by atoms with E-state index >= 15 is 0 Å². The van der Waals surface area contributed by atoms with Crippen LogP contribution in [0.3, 0.4) is 0 Å². The molecular weight excluding hydrogens is 317 g/mol. The minimum Gasteiger partial charge on any atom is -0.456 e. The van der Waals surface area contributed by atoms with E-state index in [9.17, 15) is 9.18 Å². The van der Waals surface area contributed by atoms with Crippen LogP contribution < -0.4 is 5.32 Å². The molecule has 0 aliphatic carbocycles. The van der Waals surface area contributed by atoms with E-state index in [1.54, 1.807) is 24.3 Å². The maximum Gasteiger partial charge on any atom is 0.339 e. The highest BCUT2D eigenvalue weighted by atomic mass is 19.1. The van der Waals surface area contributed by atoms with Crippen LogP contribution in [-0.2, 0) is 11.3 Å². The van der Waals surface area contributed by atoms with E-state index in [4.69, 9.17) is 4.74 Å². The minimum atomic E-state index is -0.567. The van der Waals surface area contributed by atoms with Gasteiger partial charge in [0.15, 0.2) is 0 Å². The quantitative estimate of drug-likeness (QED) is 0.596. The number of rotatable bonds is 6. The molecule has 0 fully saturated rings. The van der Waals surface area contributed by atoms with E-state index in [0.717, 1.165) is 24.1 Å². The van der Waals surface area contributed by atoms with Crippen LogP contribution in [0.4, 0.5) is 4.39 Å². The standard InChI is InChI=1S/C21H26FNO2/c1-5-12-23-14-16-13-15(10-11-19(16)22)17-8-6-7-9-18(17)20(24)25-21(2,3)4/h6-11,13,23H,5,12,14H2,1-4H3. The summed E-state index contributed by atoms with van der Waals surface area (Å²) in [5.41, 5.74) is 2.05. The van der Waals surface area contributed by atoms with Crippen molar-refractivity contribution in [1.82, 2.24) is 5.32 Å². The van der Waals surface area contributed by atoms with Crippen molar-refractivity contribution >= 4 is 5.97 Å². The highest BCUT2D eigenvalue weighted by molar-refractivity contribution is 5.97. The Morgan fingerprint density at radius 3 is 2.56 bits per heavy atom. The van der Waals surface area contributed by atoms with Crippen molar-refractivity contribution in [3.05, 3.63) is 59.4 Å². The maximum absolute atomic E-state index is 14.1. The molecule has 134 valence electrons. The number of halogens is 1. The van der Waals surface area contributed by atoms with Crippen molar-refractivity contribution < 1.29 is 13.9 Å². The molecule has 0 saturated heterocycles. The largest absolute Gasteiger partial charge is 0.456 e. The van der Waals surface area contributed by atoms with Crippen molar-refractivity contribution in [1.29, 1.82) is 0 Å². The third kappa shape index (κ3) is 5.40. The van der Waals surface area contributed by atoms with E-state index in [2.05, 4.69) is 12.2 Å². The summed E-state index contributed by atoms with van der Waals surface area (Å²) < 4.78 is 19.6. The lowest BCUT2D eigenvalue weighted by Gasteiger charge is -2.20. The number of carbonyl (C=O) groups is 1. The molecular formula is C21H26FNO2. The summed E-state index contributed by atoms with van der Waals surface area (Å²) in [6, 6.07) is 12.2. The molecule has 0 amide bonds. The van der Waals surface area contributed by atoms with Gasteiger partial charge in [0.05, 0.1) is 5.56 Å². The molecule has 0 aliphatic heterocycles. The normalized spacial score (nSPS) is 11.4. The molecule has 0 bridgehead atoms. The van der Waals surface area contributed by atoms with Crippen LogP contribution in [0.5, 0.6) is 0 Å². The molecule has 4 heteroatoms. The van der Waals surface area contributed by atoms with Crippen molar-refractivity contribution in [3.63, 3.8) is 0 Å². The van der Waals surface area contributed by atoms with Gasteiger partial charge in [-0.3, -0.25) is 0 Å². The Hall–Kier alpha value is -2.20. The van der Waals surface area contributed by atoms with Crippen molar-refractivity contribution in [2.75, 3.05) is 6.54 Å². The molecule has 2 rings (SSSR count). The van der Waals surface area contributed by atoms with E-state index in [0.29, 0.717) is 17.7 Å². The van der Waals surface area contributed by atoms with Crippen molar-refractivity contribution in [2.45, 2.75) is 46.3 Å². The second-order valence-corrected chi connectivity index (χ2v) is 7.03. The van der Waals surface area contributed by atoms with Gasteiger partial charge in [0.1, 0.15) is 11.4 Å². The summed E-state index contributed by atoms with van der Waals surface area (Å²) in [5.74, 6) is -0.625. The monoisotopic (exact) mass is 343 g/mol. The lowest BCUT2D eigenvalue weighted by Crippen LogP contribution is -2.24. The first-order valence-corrected chi connectivity index (χ1v) is 8.63. The Balaban J connectivity index is 2.36. The smallest absolute Gasteiger partial charge is 0.339 e. The second-order valence-electron chi connectivity index (χ2n) is 7.03. The fourth-order valence-corrected chi connectivity index (χ4v) is 2.52. The lowest BCUT2D eigenvalue weighted by molar-refractivity contribution is 0.00704. The fourth-order valence-electron chi connectivity index (χ4n) is 2.52. The number of carbonyl (C=O) groups excluding carboxylic acids is 1. The number of hydrogen-bond acceptors (Lipinski definition) is 3. The third-order valence-electron chi connectivity index (χ3n) is 3.64.